The summed E-state index contributed by atoms with van der Waals surface area (Å²) >= 11 is 0. The van der Waals surface area contributed by atoms with Crippen LogP contribution in [0.3, 0.4) is 0 Å². The molecule has 0 aliphatic heterocycles. The summed E-state index contributed by atoms with van der Waals surface area (Å²) < 4.78 is 5.27. The van der Waals surface area contributed by atoms with Gasteiger partial charge in [-0.1, -0.05) is 56.3 Å². The van der Waals surface area contributed by atoms with Gasteiger partial charge in [0.1, 0.15) is 12.3 Å². The first kappa shape index (κ1) is 28.1. The molecule has 8 heteroatoms. The predicted octanol–water partition coefficient (Wildman–Crippen LogP) is 2.79. The minimum Gasteiger partial charge on any atom is -0.497 e. The summed E-state index contributed by atoms with van der Waals surface area (Å²) in [5, 5.41) is 14.5. The number of rotatable bonds is 15. The van der Waals surface area contributed by atoms with Crippen LogP contribution in [-0.4, -0.2) is 72.3 Å². The van der Waals surface area contributed by atoms with E-state index in [-0.39, 0.29) is 19.1 Å². The summed E-state index contributed by atoms with van der Waals surface area (Å²) in [6, 6.07) is 16.4. The number of carbonyl (C=O) groups excluding carboxylic acids is 2. The molecule has 0 bridgehead atoms. The average molecular weight is 485 g/mol. The van der Waals surface area contributed by atoms with Gasteiger partial charge in [0.15, 0.2) is 0 Å². The highest BCUT2D eigenvalue weighted by molar-refractivity contribution is 5.83. The van der Waals surface area contributed by atoms with Crippen molar-refractivity contribution in [3.8, 4) is 5.75 Å². The Hall–Kier alpha value is -3.10. The Morgan fingerprint density at radius 1 is 1.03 bits per heavy atom. The molecule has 0 heterocycles. The van der Waals surface area contributed by atoms with E-state index in [0.717, 1.165) is 29.7 Å². The molecule has 0 aliphatic carbocycles. The maximum Gasteiger partial charge on any atom is 0.320 e. The van der Waals surface area contributed by atoms with Crippen LogP contribution in [0.5, 0.6) is 5.75 Å². The molecule has 3 amide bonds. The van der Waals surface area contributed by atoms with Crippen molar-refractivity contribution in [2.45, 2.75) is 51.8 Å². The lowest BCUT2D eigenvalue weighted by Crippen LogP contribution is -2.57. The summed E-state index contributed by atoms with van der Waals surface area (Å²) in [5.74, 6) is 0.151. The van der Waals surface area contributed by atoms with E-state index in [4.69, 9.17) is 10.5 Å². The molecular weight excluding hydrogens is 444 g/mol. The Morgan fingerprint density at radius 3 is 2.29 bits per heavy atom. The number of primary amides is 1. The van der Waals surface area contributed by atoms with Crippen molar-refractivity contribution in [3.63, 3.8) is 0 Å². The Balaban J connectivity index is 2.25. The number of hydrogen-bond donors (Lipinski definition) is 3. The van der Waals surface area contributed by atoms with Gasteiger partial charge >= 0.3 is 6.03 Å². The molecule has 0 spiro atoms. The molecular formula is C27H40N4O4. The molecule has 0 aliphatic rings. The second-order valence-electron chi connectivity index (χ2n) is 8.67. The molecule has 2 atom stereocenters. The molecule has 2 aromatic rings. The highest BCUT2D eigenvalue weighted by atomic mass is 16.5. The fraction of sp³-hybridized carbons (Fsp3) is 0.481. The second kappa shape index (κ2) is 15.0. The molecule has 4 N–H and O–H groups in total. The zero-order chi connectivity index (χ0) is 25.6. The molecule has 192 valence electrons. The van der Waals surface area contributed by atoms with Crippen molar-refractivity contribution in [2.75, 3.05) is 33.3 Å². The first-order chi connectivity index (χ1) is 16.9. The fourth-order valence-corrected chi connectivity index (χ4v) is 4.11. The van der Waals surface area contributed by atoms with Crippen LogP contribution < -0.4 is 15.8 Å². The summed E-state index contributed by atoms with van der Waals surface area (Å²) in [4.78, 5) is 28.7. The smallest absolute Gasteiger partial charge is 0.320 e. The Bertz CT molecular complexity index is 903. The number of nitrogens with one attached hydrogen (secondary N) is 1. The molecule has 0 saturated heterocycles. The van der Waals surface area contributed by atoms with E-state index in [1.807, 2.05) is 68.4 Å². The average Bonchev–Trinajstić information content (AvgIpc) is 2.86. The third kappa shape index (κ3) is 9.22. The molecule has 0 unspecified atom stereocenters. The molecule has 2 aromatic carbocycles. The van der Waals surface area contributed by atoms with Crippen molar-refractivity contribution < 1.29 is 19.4 Å². The van der Waals surface area contributed by atoms with Gasteiger partial charge in [0, 0.05) is 26.2 Å². The molecule has 0 saturated carbocycles. The summed E-state index contributed by atoms with van der Waals surface area (Å²) in [6.07, 6.45) is 1.07. The number of carbonyl (C=O) groups is 2. The molecule has 35 heavy (non-hydrogen) atoms. The van der Waals surface area contributed by atoms with Gasteiger partial charge in [-0.25, -0.2) is 4.79 Å². The van der Waals surface area contributed by atoms with Crippen LogP contribution in [0.2, 0.25) is 0 Å². The first-order valence-corrected chi connectivity index (χ1v) is 12.3. The van der Waals surface area contributed by atoms with Crippen LogP contribution in [0.15, 0.2) is 54.6 Å². The molecule has 0 fully saturated rings. The van der Waals surface area contributed by atoms with E-state index >= 15 is 0 Å². The number of benzene rings is 2. The van der Waals surface area contributed by atoms with Crippen LogP contribution >= 0.6 is 0 Å². The van der Waals surface area contributed by atoms with Crippen LogP contribution in [0.25, 0.3) is 0 Å². The quantitative estimate of drug-likeness (QED) is 0.360. The van der Waals surface area contributed by atoms with E-state index in [1.165, 1.54) is 4.90 Å². The lowest BCUT2D eigenvalue weighted by molar-refractivity contribution is -0.119. The summed E-state index contributed by atoms with van der Waals surface area (Å²) in [5.41, 5.74) is 7.53. The normalized spacial score (nSPS) is 12.6. The molecule has 0 radical (unpaired) electrons. The van der Waals surface area contributed by atoms with Gasteiger partial charge in [-0.05, 0) is 42.5 Å². The number of nitrogens with zero attached hydrogens (tertiary/aromatic N) is 2. The van der Waals surface area contributed by atoms with E-state index in [0.29, 0.717) is 26.1 Å². The number of urea groups is 1. The van der Waals surface area contributed by atoms with Gasteiger partial charge < -0.3 is 30.7 Å². The SMILES string of the molecule is CCCN(CCC)C(=O)N(CC(N)=O)[C@@H](Cc1ccccc1)[C@H](O)CNCc1cccc(OC)c1. The third-order valence-electron chi connectivity index (χ3n) is 5.78. The number of aliphatic hydroxyl groups excluding tert-OH is 1. The number of amides is 3. The topological polar surface area (TPSA) is 108 Å². The zero-order valence-corrected chi connectivity index (χ0v) is 21.2. The molecule has 0 aromatic heterocycles. The van der Waals surface area contributed by atoms with Gasteiger partial charge in [-0.15, -0.1) is 0 Å². The number of hydrogen-bond acceptors (Lipinski definition) is 5. The van der Waals surface area contributed by atoms with E-state index < -0.39 is 18.1 Å². The maximum atomic E-state index is 13.6. The van der Waals surface area contributed by atoms with E-state index in [1.54, 1.807) is 12.0 Å². The van der Waals surface area contributed by atoms with Gasteiger partial charge in [0.05, 0.1) is 19.3 Å². The van der Waals surface area contributed by atoms with Gasteiger partial charge in [-0.3, -0.25) is 4.79 Å². The van der Waals surface area contributed by atoms with Crippen molar-refractivity contribution in [2.24, 2.45) is 5.73 Å². The number of methoxy groups -OCH3 is 1. The summed E-state index contributed by atoms with van der Waals surface area (Å²) in [7, 11) is 1.62. The van der Waals surface area contributed by atoms with Crippen LogP contribution in [0.1, 0.15) is 37.8 Å². The van der Waals surface area contributed by atoms with Gasteiger partial charge in [0.25, 0.3) is 0 Å². The minimum absolute atomic E-state index is 0.235. The lowest BCUT2D eigenvalue weighted by atomic mass is 9.99. The van der Waals surface area contributed by atoms with Crippen molar-refractivity contribution in [3.05, 3.63) is 65.7 Å². The largest absolute Gasteiger partial charge is 0.497 e. The van der Waals surface area contributed by atoms with Crippen LogP contribution in [-0.2, 0) is 17.8 Å². The van der Waals surface area contributed by atoms with Crippen LogP contribution in [0.4, 0.5) is 4.79 Å². The maximum absolute atomic E-state index is 13.6. The van der Waals surface area contributed by atoms with Gasteiger partial charge in [0.2, 0.25) is 5.91 Å². The number of ether oxygens (including phenoxy) is 1. The molecule has 8 nitrogen and oxygen atoms in total. The summed E-state index contributed by atoms with van der Waals surface area (Å²) in [6.45, 7) is 5.66. The Kier molecular flexibility index (Phi) is 12.1. The van der Waals surface area contributed by atoms with Crippen molar-refractivity contribution in [1.29, 1.82) is 0 Å². The highest BCUT2D eigenvalue weighted by Gasteiger charge is 2.33. The van der Waals surface area contributed by atoms with Crippen molar-refractivity contribution in [1.82, 2.24) is 15.1 Å². The van der Waals surface area contributed by atoms with Gasteiger partial charge in [-0.2, -0.15) is 0 Å². The van der Waals surface area contributed by atoms with Crippen LogP contribution in [0, 0.1) is 0 Å². The standard InChI is InChI=1S/C27H40N4O4/c1-4-14-30(15-5-2)27(34)31(20-26(28)33)24(17-21-10-7-6-8-11-21)25(32)19-29-18-22-12-9-13-23(16-22)35-3/h6-13,16,24-25,29,32H,4-5,14-15,17-20H2,1-3H3,(H2,28,33)/t24-,25+/m0/s1. The van der Waals surface area contributed by atoms with Crippen molar-refractivity contribution >= 4 is 11.9 Å². The monoisotopic (exact) mass is 484 g/mol. The third-order valence-corrected chi connectivity index (χ3v) is 5.78. The molecule has 2 rings (SSSR count). The van der Waals surface area contributed by atoms with E-state index in [9.17, 15) is 14.7 Å². The Labute approximate surface area is 209 Å². The second-order valence-corrected chi connectivity index (χ2v) is 8.67. The predicted molar refractivity (Wildman–Crippen MR) is 138 cm³/mol. The van der Waals surface area contributed by atoms with E-state index in [2.05, 4.69) is 5.32 Å². The minimum atomic E-state index is -0.922. The number of nitrogens with two attached hydrogens (primary N) is 1. The highest BCUT2D eigenvalue weighted by Crippen LogP contribution is 2.17. The zero-order valence-electron chi connectivity index (χ0n) is 21.2. The Morgan fingerprint density at radius 2 is 1.69 bits per heavy atom. The first-order valence-electron chi connectivity index (χ1n) is 12.3. The number of aliphatic hydroxyl groups is 1. The lowest BCUT2D eigenvalue weighted by Gasteiger charge is -2.38. The fourth-order valence-electron chi connectivity index (χ4n) is 4.11.